The van der Waals surface area contributed by atoms with Crippen molar-refractivity contribution in [2.75, 3.05) is 33.4 Å². The Morgan fingerprint density at radius 1 is 1.19 bits per heavy atom. The van der Waals surface area contributed by atoms with Crippen LogP contribution in [-0.2, 0) is 14.3 Å². The van der Waals surface area contributed by atoms with Crippen molar-refractivity contribution >= 4 is 11.9 Å². The lowest BCUT2D eigenvalue weighted by atomic mass is 10.0. The molecule has 0 aliphatic heterocycles. The number of hydrogen-bond acceptors (Lipinski definition) is 4. The number of hydrogen-bond donors (Lipinski definition) is 2. The Morgan fingerprint density at radius 2 is 1.86 bits per heavy atom. The third-order valence-corrected chi connectivity index (χ3v) is 3.16. The van der Waals surface area contributed by atoms with Gasteiger partial charge < -0.3 is 15.2 Å². The Bertz CT molecular complexity index is 308. The summed E-state index contributed by atoms with van der Waals surface area (Å²) in [6, 6.07) is 0.116. The highest BCUT2D eigenvalue weighted by Gasteiger charge is 2.15. The van der Waals surface area contributed by atoms with Gasteiger partial charge in [-0.3, -0.25) is 14.5 Å². The summed E-state index contributed by atoms with van der Waals surface area (Å²) in [5.74, 6) is -0.402. The molecule has 6 nitrogen and oxygen atoms in total. The van der Waals surface area contributed by atoms with Crippen LogP contribution in [0.1, 0.15) is 40.0 Å². The Hall–Kier alpha value is -1.14. The summed E-state index contributed by atoms with van der Waals surface area (Å²) >= 11 is 0. The van der Waals surface area contributed by atoms with Crippen LogP contribution in [0.4, 0.5) is 0 Å². The first kappa shape index (κ1) is 19.9. The number of nitrogens with one attached hydrogen (secondary N) is 1. The average Bonchev–Trinajstić information content (AvgIpc) is 2.34. The summed E-state index contributed by atoms with van der Waals surface area (Å²) in [5, 5.41) is 11.8. The van der Waals surface area contributed by atoms with Crippen molar-refractivity contribution in [1.29, 1.82) is 0 Å². The zero-order valence-electron chi connectivity index (χ0n) is 13.7. The molecule has 0 heterocycles. The SMILES string of the molecule is COCCN(CC(=O)O)CC(=O)NC(C)CCCC(C)C. The number of aliphatic carboxylic acids is 1. The van der Waals surface area contributed by atoms with E-state index in [9.17, 15) is 9.59 Å². The molecule has 0 aromatic heterocycles. The van der Waals surface area contributed by atoms with Gasteiger partial charge in [-0.1, -0.05) is 26.7 Å². The van der Waals surface area contributed by atoms with Crippen molar-refractivity contribution in [2.24, 2.45) is 5.92 Å². The largest absolute Gasteiger partial charge is 0.480 e. The summed E-state index contributed by atoms with van der Waals surface area (Å²) in [7, 11) is 1.55. The second-order valence-corrected chi connectivity index (χ2v) is 5.89. The van der Waals surface area contributed by atoms with E-state index in [0.717, 1.165) is 19.3 Å². The Kier molecular flexibility index (Phi) is 10.9. The van der Waals surface area contributed by atoms with E-state index in [-0.39, 0.29) is 25.0 Å². The zero-order valence-corrected chi connectivity index (χ0v) is 13.7. The number of nitrogens with zero attached hydrogens (tertiary/aromatic N) is 1. The van der Waals surface area contributed by atoms with Gasteiger partial charge in [-0.15, -0.1) is 0 Å². The molecule has 0 saturated heterocycles. The van der Waals surface area contributed by atoms with E-state index in [0.29, 0.717) is 19.1 Å². The van der Waals surface area contributed by atoms with Crippen molar-refractivity contribution in [2.45, 2.75) is 46.1 Å². The molecule has 0 rings (SSSR count). The van der Waals surface area contributed by atoms with Crippen molar-refractivity contribution in [3.63, 3.8) is 0 Å². The van der Waals surface area contributed by atoms with Gasteiger partial charge in [0.25, 0.3) is 0 Å². The molecular formula is C15H30N2O4. The normalized spacial score (nSPS) is 12.7. The fourth-order valence-corrected chi connectivity index (χ4v) is 2.05. The van der Waals surface area contributed by atoms with Gasteiger partial charge in [0.1, 0.15) is 0 Å². The molecule has 0 aromatic rings. The van der Waals surface area contributed by atoms with E-state index in [1.54, 1.807) is 12.0 Å². The van der Waals surface area contributed by atoms with Crippen LogP contribution >= 0.6 is 0 Å². The molecule has 1 amide bonds. The highest BCUT2D eigenvalue weighted by molar-refractivity contribution is 5.79. The molecule has 21 heavy (non-hydrogen) atoms. The predicted octanol–water partition coefficient (Wildman–Crippen LogP) is 1.35. The van der Waals surface area contributed by atoms with Crippen molar-refractivity contribution in [1.82, 2.24) is 10.2 Å². The number of carboxylic acid groups (broad SMARTS) is 1. The number of carboxylic acids is 1. The molecule has 0 bridgehead atoms. The first-order valence-electron chi connectivity index (χ1n) is 7.57. The molecule has 0 aliphatic carbocycles. The Labute approximate surface area is 127 Å². The summed E-state index contributed by atoms with van der Waals surface area (Å²) in [6.07, 6.45) is 3.18. The van der Waals surface area contributed by atoms with E-state index >= 15 is 0 Å². The number of carbonyl (C=O) groups is 2. The lowest BCUT2D eigenvalue weighted by Gasteiger charge is -2.21. The fourth-order valence-electron chi connectivity index (χ4n) is 2.05. The molecule has 0 aromatic carbocycles. The minimum Gasteiger partial charge on any atom is -0.480 e. The Morgan fingerprint density at radius 3 is 2.38 bits per heavy atom. The van der Waals surface area contributed by atoms with Crippen LogP contribution in [0, 0.1) is 5.92 Å². The van der Waals surface area contributed by atoms with Crippen molar-refractivity contribution in [3.8, 4) is 0 Å². The molecule has 2 N–H and O–H groups in total. The van der Waals surface area contributed by atoms with Crippen molar-refractivity contribution < 1.29 is 19.4 Å². The second-order valence-electron chi connectivity index (χ2n) is 5.89. The number of rotatable bonds is 12. The average molecular weight is 302 g/mol. The van der Waals surface area contributed by atoms with Gasteiger partial charge in [0.2, 0.25) is 5.91 Å². The summed E-state index contributed by atoms with van der Waals surface area (Å²) < 4.78 is 4.93. The maximum absolute atomic E-state index is 11.9. The highest BCUT2D eigenvalue weighted by atomic mass is 16.5. The summed E-state index contributed by atoms with van der Waals surface area (Å²) in [6.45, 7) is 7.12. The molecule has 0 radical (unpaired) electrons. The van der Waals surface area contributed by atoms with Crippen LogP contribution in [0.15, 0.2) is 0 Å². The van der Waals surface area contributed by atoms with Crippen LogP contribution in [-0.4, -0.2) is 61.3 Å². The fraction of sp³-hybridized carbons (Fsp3) is 0.867. The van der Waals surface area contributed by atoms with Gasteiger partial charge in [0.05, 0.1) is 19.7 Å². The van der Waals surface area contributed by atoms with Gasteiger partial charge in [-0.2, -0.15) is 0 Å². The number of amides is 1. The lowest BCUT2D eigenvalue weighted by Crippen LogP contribution is -2.43. The molecular weight excluding hydrogens is 272 g/mol. The third-order valence-electron chi connectivity index (χ3n) is 3.16. The minimum absolute atomic E-state index is 0.0875. The molecule has 1 unspecified atom stereocenters. The van der Waals surface area contributed by atoms with Gasteiger partial charge in [-0.25, -0.2) is 0 Å². The Balaban J connectivity index is 4.07. The number of methoxy groups -OCH3 is 1. The molecule has 0 fully saturated rings. The molecule has 1 atom stereocenters. The minimum atomic E-state index is -0.941. The number of carbonyl (C=O) groups excluding carboxylic acids is 1. The zero-order chi connectivity index (χ0) is 16.3. The van der Waals surface area contributed by atoms with E-state index in [4.69, 9.17) is 9.84 Å². The lowest BCUT2D eigenvalue weighted by molar-refractivity contribution is -0.138. The van der Waals surface area contributed by atoms with Gasteiger partial charge in [-0.05, 0) is 19.3 Å². The van der Waals surface area contributed by atoms with Crippen LogP contribution in [0.3, 0.4) is 0 Å². The predicted molar refractivity (Wildman–Crippen MR) is 82.2 cm³/mol. The maximum Gasteiger partial charge on any atom is 0.317 e. The van der Waals surface area contributed by atoms with Gasteiger partial charge in [0.15, 0.2) is 0 Å². The highest BCUT2D eigenvalue weighted by Crippen LogP contribution is 2.08. The smallest absolute Gasteiger partial charge is 0.317 e. The van der Waals surface area contributed by atoms with Crippen LogP contribution in [0.25, 0.3) is 0 Å². The van der Waals surface area contributed by atoms with E-state index in [1.165, 1.54) is 0 Å². The van der Waals surface area contributed by atoms with Crippen LogP contribution in [0.5, 0.6) is 0 Å². The van der Waals surface area contributed by atoms with E-state index < -0.39 is 5.97 Å². The molecule has 124 valence electrons. The van der Waals surface area contributed by atoms with E-state index in [2.05, 4.69) is 19.2 Å². The topological polar surface area (TPSA) is 78.9 Å². The molecule has 0 spiro atoms. The van der Waals surface area contributed by atoms with Crippen molar-refractivity contribution in [3.05, 3.63) is 0 Å². The molecule has 6 heteroatoms. The summed E-state index contributed by atoms with van der Waals surface area (Å²) in [4.78, 5) is 24.3. The number of ether oxygens (including phenoxy) is 1. The molecule has 0 saturated carbocycles. The van der Waals surface area contributed by atoms with Gasteiger partial charge in [0, 0.05) is 19.7 Å². The van der Waals surface area contributed by atoms with Crippen LogP contribution in [0.2, 0.25) is 0 Å². The second kappa shape index (κ2) is 11.5. The molecule has 0 aliphatic rings. The first-order chi connectivity index (χ1) is 9.85. The van der Waals surface area contributed by atoms with Crippen LogP contribution < -0.4 is 5.32 Å². The maximum atomic E-state index is 11.9. The van der Waals surface area contributed by atoms with E-state index in [1.807, 2.05) is 6.92 Å². The quantitative estimate of drug-likeness (QED) is 0.569. The van der Waals surface area contributed by atoms with Gasteiger partial charge >= 0.3 is 5.97 Å². The standard InChI is InChI=1S/C15H30N2O4/c1-12(2)6-5-7-13(3)16-14(18)10-17(8-9-21-4)11-15(19)20/h12-13H,5-11H2,1-4H3,(H,16,18)(H,19,20). The first-order valence-corrected chi connectivity index (χ1v) is 7.57. The monoisotopic (exact) mass is 302 g/mol. The third kappa shape index (κ3) is 12.3. The summed E-state index contributed by atoms with van der Waals surface area (Å²) in [5.41, 5.74) is 0.